The minimum atomic E-state index is 0.802. The van der Waals surface area contributed by atoms with Gasteiger partial charge in [-0.3, -0.25) is 0 Å². The van der Waals surface area contributed by atoms with Crippen LogP contribution in [0.25, 0.3) is 0 Å². The van der Waals surface area contributed by atoms with Gasteiger partial charge in [0.15, 0.2) is 0 Å². The summed E-state index contributed by atoms with van der Waals surface area (Å²) in [6.07, 6.45) is 1.83. The minimum absolute atomic E-state index is 0.802. The highest BCUT2D eigenvalue weighted by Crippen LogP contribution is 2.17. The summed E-state index contributed by atoms with van der Waals surface area (Å²) in [5.41, 5.74) is 3.41. The Labute approximate surface area is 118 Å². The largest absolute Gasteiger partial charge is 0.380 e. The second-order valence-electron chi connectivity index (χ2n) is 3.81. The molecule has 0 unspecified atom stereocenters. The second-order valence-corrected chi connectivity index (χ2v) is 5.48. The average Bonchev–Trinajstić information content (AvgIpc) is 2.33. The van der Waals surface area contributed by atoms with Gasteiger partial charge in [-0.05, 0) is 52.2 Å². The third-order valence-electron chi connectivity index (χ3n) is 2.42. The van der Waals surface area contributed by atoms with E-state index in [-0.39, 0.29) is 0 Å². The number of aryl methyl sites for hydroxylation is 1. The number of rotatable bonds is 3. The van der Waals surface area contributed by atoms with Gasteiger partial charge in [0.2, 0.25) is 0 Å². The lowest BCUT2D eigenvalue weighted by atomic mass is 10.2. The number of aromatic nitrogens is 1. The van der Waals surface area contributed by atoms with E-state index in [0.29, 0.717) is 0 Å². The van der Waals surface area contributed by atoms with Gasteiger partial charge < -0.3 is 5.32 Å². The molecule has 0 aliphatic carbocycles. The molecule has 1 N–H and O–H groups in total. The number of nitrogens with zero attached hydrogens (tertiary/aromatic N) is 1. The van der Waals surface area contributed by atoms with Crippen molar-refractivity contribution in [3.63, 3.8) is 0 Å². The van der Waals surface area contributed by atoms with Crippen LogP contribution in [0.3, 0.4) is 0 Å². The van der Waals surface area contributed by atoms with Crippen molar-refractivity contribution in [3.8, 4) is 0 Å². The van der Waals surface area contributed by atoms with Crippen molar-refractivity contribution in [2.75, 3.05) is 5.32 Å². The monoisotopic (exact) mass is 354 g/mol. The third-order valence-corrected chi connectivity index (χ3v) is 3.78. The minimum Gasteiger partial charge on any atom is -0.380 e. The highest BCUT2D eigenvalue weighted by atomic mass is 79.9. The maximum atomic E-state index is 4.25. The Morgan fingerprint density at radius 3 is 2.53 bits per heavy atom. The summed E-state index contributed by atoms with van der Waals surface area (Å²) in [7, 11) is 0. The lowest BCUT2D eigenvalue weighted by Gasteiger charge is -2.07. The number of halogens is 2. The Morgan fingerprint density at radius 2 is 1.88 bits per heavy atom. The van der Waals surface area contributed by atoms with Crippen molar-refractivity contribution in [1.29, 1.82) is 0 Å². The van der Waals surface area contributed by atoms with Crippen LogP contribution in [0.5, 0.6) is 0 Å². The van der Waals surface area contributed by atoms with E-state index in [1.54, 1.807) is 0 Å². The van der Waals surface area contributed by atoms with Crippen molar-refractivity contribution < 1.29 is 0 Å². The second kappa shape index (κ2) is 5.65. The smallest absolute Gasteiger partial charge is 0.109 e. The van der Waals surface area contributed by atoms with E-state index in [1.165, 1.54) is 5.56 Å². The summed E-state index contributed by atoms with van der Waals surface area (Å²) in [5, 5.41) is 3.35. The molecule has 0 fully saturated rings. The highest BCUT2D eigenvalue weighted by Gasteiger charge is 1.98. The quantitative estimate of drug-likeness (QED) is 0.818. The molecule has 2 aromatic rings. The molecule has 4 heteroatoms. The Balaban J connectivity index is 2.02. The zero-order chi connectivity index (χ0) is 12.3. The molecular weight excluding hydrogens is 344 g/mol. The number of nitrogens with one attached hydrogen (secondary N) is 1. The van der Waals surface area contributed by atoms with Gasteiger partial charge in [-0.2, -0.15) is 0 Å². The van der Waals surface area contributed by atoms with Crippen LogP contribution in [0, 0.1) is 6.92 Å². The molecule has 0 atom stereocenters. The molecule has 0 spiro atoms. The van der Waals surface area contributed by atoms with E-state index in [2.05, 4.69) is 60.4 Å². The molecule has 2 nitrogen and oxygen atoms in total. The summed E-state index contributed by atoms with van der Waals surface area (Å²) >= 11 is 6.81. The summed E-state index contributed by atoms with van der Waals surface area (Å²) in [6, 6.07) is 10.4. The maximum absolute atomic E-state index is 4.25. The van der Waals surface area contributed by atoms with Crippen LogP contribution in [0.1, 0.15) is 11.1 Å². The lowest BCUT2D eigenvalue weighted by molar-refractivity contribution is 1.12. The number of pyridine rings is 1. The predicted molar refractivity (Wildman–Crippen MR) is 78.1 cm³/mol. The van der Waals surface area contributed by atoms with Gasteiger partial charge in [0.25, 0.3) is 0 Å². The van der Waals surface area contributed by atoms with Crippen molar-refractivity contribution in [2.24, 2.45) is 0 Å². The molecule has 0 saturated carbocycles. The fourth-order valence-electron chi connectivity index (χ4n) is 1.46. The van der Waals surface area contributed by atoms with Crippen LogP contribution in [-0.4, -0.2) is 4.98 Å². The maximum Gasteiger partial charge on any atom is 0.109 e. The third kappa shape index (κ3) is 3.54. The van der Waals surface area contributed by atoms with Gasteiger partial charge in [-0.15, -0.1) is 0 Å². The molecule has 0 amide bonds. The van der Waals surface area contributed by atoms with Gasteiger partial charge in [0.05, 0.1) is 11.9 Å². The van der Waals surface area contributed by atoms with E-state index in [1.807, 2.05) is 25.3 Å². The molecule has 2 rings (SSSR count). The predicted octanol–water partition coefficient (Wildman–Crippen LogP) is 4.53. The van der Waals surface area contributed by atoms with Gasteiger partial charge in [0, 0.05) is 11.0 Å². The summed E-state index contributed by atoms with van der Waals surface area (Å²) < 4.78 is 1.99. The van der Waals surface area contributed by atoms with E-state index < -0.39 is 0 Å². The molecule has 1 aromatic carbocycles. The van der Waals surface area contributed by atoms with E-state index in [0.717, 1.165) is 26.9 Å². The van der Waals surface area contributed by atoms with Gasteiger partial charge >= 0.3 is 0 Å². The molecule has 0 aliphatic rings. The molecule has 1 aromatic heterocycles. The van der Waals surface area contributed by atoms with E-state index in [9.17, 15) is 0 Å². The molecule has 0 aliphatic heterocycles. The normalized spacial score (nSPS) is 10.3. The van der Waals surface area contributed by atoms with Crippen LogP contribution in [0.2, 0.25) is 0 Å². The van der Waals surface area contributed by atoms with Crippen LogP contribution in [0.4, 0.5) is 5.69 Å². The number of benzene rings is 1. The standard InChI is InChI=1S/C13H12Br2N2/c1-9-6-12(8-17-13(9)15)16-7-10-2-4-11(14)5-3-10/h2-6,8,16H,7H2,1H3. The van der Waals surface area contributed by atoms with Gasteiger partial charge in [0.1, 0.15) is 4.60 Å². The zero-order valence-electron chi connectivity index (χ0n) is 9.37. The Bertz CT molecular complexity index is 509. The van der Waals surface area contributed by atoms with Crippen molar-refractivity contribution >= 4 is 37.5 Å². The highest BCUT2D eigenvalue weighted by molar-refractivity contribution is 9.10. The fraction of sp³-hybridized carbons (Fsp3) is 0.154. The van der Waals surface area contributed by atoms with Crippen LogP contribution in [-0.2, 0) is 6.54 Å². The molecule has 1 heterocycles. The number of hydrogen-bond acceptors (Lipinski definition) is 2. The van der Waals surface area contributed by atoms with Crippen LogP contribution in [0.15, 0.2) is 45.6 Å². The van der Waals surface area contributed by atoms with Crippen molar-refractivity contribution in [3.05, 3.63) is 56.7 Å². The van der Waals surface area contributed by atoms with Crippen molar-refractivity contribution in [2.45, 2.75) is 13.5 Å². The first-order valence-electron chi connectivity index (χ1n) is 5.25. The average molecular weight is 356 g/mol. The van der Waals surface area contributed by atoms with Gasteiger partial charge in [-0.1, -0.05) is 28.1 Å². The fourth-order valence-corrected chi connectivity index (χ4v) is 1.94. The number of anilines is 1. The van der Waals surface area contributed by atoms with Crippen LogP contribution < -0.4 is 5.32 Å². The lowest BCUT2D eigenvalue weighted by Crippen LogP contribution is -2.00. The first-order valence-corrected chi connectivity index (χ1v) is 6.84. The topological polar surface area (TPSA) is 24.9 Å². The van der Waals surface area contributed by atoms with Crippen molar-refractivity contribution in [1.82, 2.24) is 4.98 Å². The first-order chi connectivity index (χ1) is 8.15. The van der Waals surface area contributed by atoms with Crippen LogP contribution >= 0.6 is 31.9 Å². The summed E-state index contributed by atoms with van der Waals surface area (Å²) in [6.45, 7) is 2.83. The molecule has 88 valence electrons. The Morgan fingerprint density at radius 1 is 1.18 bits per heavy atom. The summed E-state index contributed by atoms with van der Waals surface area (Å²) in [4.78, 5) is 4.25. The van der Waals surface area contributed by atoms with E-state index >= 15 is 0 Å². The molecular formula is C13H12Br2N2. The SMILES string of the molecule is Cc1cc(NCc2ccc(Br)cc2)cnc1Br. The molecule has 0 radical (unpaired) electrons. The van der Waals surface area contributed by atoms with E-state index in [4.69, 9.17) is 0 Å². The Hall–Kier alpha value is -0.870. The zero-order valence-corrected chi connectivity index (χ0v) is 12.5. The Kier molecular flexibility index (Phi) is 4.18. The molecule has 0 saturated heterocycles. The number of hydrogen-bond donors (Lipinski definition) is 1. The van der Waals surface area contributed by atoms with Gasteiger partial charge in [-0.25, -0.2) is 4.98 Å². The first kappa shape index (κ1) is 12.6. The molecule has 17 heavy (non-hydrogen) atoms. The molecule has 0 bridgehead atoms. The summed E-state index contributed by atoms with van der Waals surface area (Å²) in [5.74, 6) is 0.